The monoisotopic (exact) mass is 158 g/mol. The zero-order valence-corrected chi connectivity index (χ0v) is 8.14. The minimum absolute atomic E-state index is 0.353. The summed E-state index contributed by atoms with van der Waals surface area (Å²) in [4.78, 5) is 0. The van der Waals surface area contributed by atoms with E-state index in [1.165, 1.54) is 19.3 Å². The lowest BCUT2D eigenvalue weighted by atomic mass is 9.96. The SMILES string of the molecule is CC(C)CC[C@@H](C)CCCO. The van der Waals surface area contributed by atoms with E-state index in [9.17, 15) is 0 Å². The van der Waals surface area contributed by atoms with Gasteiger partial charge in [-0.15, -0.1) is 0 Å². The molecule has 1 N–H and O–H groups in total. The van der Waals surface area contributed by atoms with Gasteiger partial charge in [-0.05, 0) is 24.7 Å². The second-order valence-corrected chi connectivity index (χ2v) is 3.94. The summed E-state index contributed by atoms with van der Waals surface area (Å²) in [6, 6.07) is 0. The van der Waals surface area contributed by atoms with Gasteiger partial charge in [-0.2, -0.15) is 0 Å². The average molecular weight is 158 g/mol. The molecule has 0 aromatic heterocycles. The zero-order valence-electron chi connectivity index (χ0n) is 8.14. The summed E-state index contributed by atoms with van der Waals surface area (Å²) in [7, 11) is 0. The summed E-state index contributed by atoms with van der Waals surface area (Å²) in [6.07, 6.45) is 4.80. The van der Waals surface area contributed by atoms with Crippen molar-refractivity contribution in [2.75, 3.05) is 6.61 Å². The van der Waals surface area contributed by atoms with Gasteiger partial charge in [0.15, 0.2) is 0 Å². The fraction of sp³-hybridized carbons (Fsp3) is 1.00. The van der Waals surface area contributed by atoms with Gasteiger partial charge in [0, 0.05) is 6.61 Å². The maximum absolute atomic E-state index is 8.59. The van der Waals surface area contributed by atoms with Crippen LogP contribution in [0.2, 0.25) is 0 Å². The van der Waals surface area contributed by atoms with Gasteiger partial charge in [0.2, 0.25) is 0 Å². The van der Waals surface area contributed by atoms with Crippen LogP contribution < -0.4 is 0 Å². The second kappa shape index (κ2) is 6.66. The Morgan fingerprint density at radius 1 is 1.00 bits per heavy atom. The van der Waals surface area contributed by atoms with Gasteiger partial charge in [0.1, 0.15) is 0 Å². The third-order valence-electron chi connectivity index (χ3n) is 2.09. The normalized spacial score (nSPS) is 13.9. The summed E-state index contributed by atoms with van der Waals surface area (Å²) in [5.41, 5.74) is 0. The van der Waals surface area contributed by atoms with Crippen LogP contribution in [0.5, 0.6) is 0 Å². The summed E-state index contributed by atoms with van der Waals surface area (Å²) in [5.74, 6) is 1.62. The van der Waals surface area contributed by atoms with Crippen molar-refractivity contribution in [2.45, 2.75) is 46.5 Å². The fourth-order valence-corrected chi connectivity index (χ4v) is 1.20. The minimum atomic E-state index is 0.353. The number of aliphatic hydroxyl groups excluding tert-OH is 1. The molecule has 68 valence electrons. The molecule has 1 heteroatoms. The molecular weight excluding hydrogens is 136 g/mol. The van der Waals surface area contributed by atoms with Crippen molar-refractivity contribution >= 4 is 0 Å². The van der Waals surface area contributed by atoms with Gasteiger partial charge >= 0.3 is 0 Å². The second-order valence-electron chi connectivity index (χ2n) is 3.94. The Labute approximate surface area is 70.8 Å². The molecule has 0 spiro atoms. The Bertz CT molecular complexity index is 78.9. The lowest BCUT2D eigenvalue weighted by Crippen LogP contribution is -1.99. The highest BCUT2D eigenvalue weighted by molar-refractivity contribution is 4.55. The first-order chi connectivity index (χ1) is 5.16. The Morgan fingerprint density at radius 3 is 2.09 bits per heavy atom. The topological polar surface area (TPSA) is 20.2 Å². The molecule has 0 fully saturated rings. The average Bonchev–Trinajstić information content (AvgIpc) is 1.97. The van der Waals surface area contributed by atoms with Gasteiger partial charge in [-0.3, -0.25) is 0 Å². The van der Waals surface area contributed by atoms with Crippen LogP contribution >= 0.6 is 0 Å². The van der Waals surface area contributed by atoms with Crippen molar-refractivity contribution in [3.05, 3.63) is 0 Å². The van der Waals surface area contributed by atoms with Crippen LogP contribution in [0.15, 0.2) is 0 Å². The Hall–Kier alpha value is -0.0400. The molecule has 0 unspecified atom stereocenters. The molecule has 0 heterocycles. The summed E-state index contributed by atoms with van der Waals surface area (Å²) in [5, 5.41) is 8.59. The van der Waals surface area contributed by atoms with E-state index in [1.807, 2.05) is 0 Å². The van der Waals surface area contributed by atoms with Crippen molar-refractivity contribution < 1.29 is 5.11 Å². The third kappa shape index (κ3) is 7.86. The molecular formula is C10H22O. The van der Waals surface area contributed by atoms with Crippen molar-refractivity contribution in [2.24, 2.45) is 11.8 Å². The van der Waals surface area contributed by atoms with Crippen molar-refractivity contribution in [1.82, 2.24) is 0 Å². The maximum Gasteiger partial charge on any atom is 0.0431 e. The van der Waals surface area contributed by atoms with E-state index in [-0.39, 0.29) is 0 Å². The zero-order chi connectivity index (χ0) is 8.69. The molecule has 0 saturated heterocycles. The van der Waals surface area contributed by atoms with E-state index in [1.54, 1.807) is 0 Å². The Balaban J connectivity index is 3.15. The standard InChI is InChI=1S/C10H22O/c1-9(2)6-7-10(3)5-4-8-11/h9-11H,4-8H2,1-3H3/t10-/m0/s1. The van der Waals surface area contributed by atoms with Gasteiger partial charge < -0.3 is 5.11 Å². The van der Waals surface area contributed by atoms with Gasteiger partial charge in [0.25, 0.3) is 0 Å². The van der Waals surface area contributed by atoms with E-state index in [0.29, 0.717) is 6.61 Å². The number of hydrogen-bond donors (Lipinski definition) is 1. The molecule has 0 aliphatic carbocycles. The molecule has 0 bridgehead atoms. The van der Waals surface area contributed by atoms with Crippen LogP contribution in [0.25, 0.3) is 0 Å². The van der Waals surface area contributed by atoms with Crippen molar-refractivity contribution in [1.29, 1.82) is 0 Å². The number of rotatable bonds is 6. The highest BCUT2D eigenvalue weighted by Gasteiger charge is 2.02. The summed E-state index contributed by atoms with van der Waals surface area (Å²) in [6.45, 7) is 7.15. The number of hydrogen-bond acceptors (Lipinski definition) is 1. The van der Waals surface area contributed by atoms with Crippen LogP contribution in [0, 0.1) is 11.8 Å². The van der Waals surface area contributed by atoms with Gasteiger partial charge in [-0.25, -0.2) is 0 Å². The predicted octanol–water partition coefficient (Wildman–Crippen LogP) is 2.83. The molecule has 0 rings (SSSR count). The lowest BCUT2D eigenvalue weighted by molar-refractivity contribution is 0.269. The predicted molar refractivity (Wildman–Crippen MR) is 49.6 cm³/mol. The molecule has 1 nitrogen and oxygen atoms in total. The van der Waals surface area contributed by atoms with Crippen LogP contribution in [0.1, 0.15) is 46.5 Å². The van der Waals surface area contributed by atoms with E-state index >= 15 is 0 Å². The van der Waals surface area contributed by atoms with Gasteiger partial charge in [0.05, 0.1) is 0 Å². The van der Waals surface area contributed by atoms with Gasteiger partial charge in [-0.1, -0.05) is 33.6 Å². The smallest absolute Gasteiger partial charge is 0.0431 e. The summed E-state index contributed by atoms with van der Waals surface area (Å²) < 4.78 is 0. The fourth-order valence-electron chi connectivity index (χ4n) is 1.20. The molecule has 0 amide bonds. The molecule has 0 aliphatic heterocycles. The first-order valence-corrected chi connectivity index (χ1v) is 4.77. The van der Waals surface area contributed by atoms with Crippen LogP contribution in [0.3, 0.4) is 0 Å². The maximum atomic E-state index is 8.59. The number of aliphatic hydroxyl groups is 1. The van der Waals surface area contributed by atoms with E-state index in [0.717, 1.165) is 18.3 Å². The van der Waals surface area contributed by atoms with Crippen LogP contribution in [0.4, 0.5) is 0 Å². The lowest BCUT2D eigenvalue weighted by Gasteiger charge is -2.11. The van der Waals surface area contributed by atoms with Crippen LogP contribution in [-0.4, -0.2) is 11.7 Å². The highest BCUT2D eigenvalue weighted by atomic mass is 16.2. The first-order valence-electron chi connectivity index (χ1n) is 4.77. The largest absolute Gasteiger partial charge is 0.396 e. The third-order valence-corrected chi connectivity index (χ3v) is 2.09. The van der Waals surface area contributed by atoms with E-state index in [4.69, 9.17) is 5.11 Å². The molecule has 11 heavy (non-hydrogen) atoms. The molecule has 1 atom stereocenters. The molecule has 0 aromatic carbocycles. The van der Waals surface area contributed by atoms with Crippen molar-refractivity contribution in [3.63, 3.8) is 0 Å². The van der Waals surface area contributed by atoms with E-state index in [2.05, 4.69) is 20.8 Å². The summed E-state index contributed by atoms with van der Waals surface area (Å²) >= 11 is 0. The molecule has 0 aromatic rings. The molecule has 0 aliphatic rings. The Kier molecular flexibility index (Phi) is 6.63. The molecule has 0 radical (unpaired) electrons. The van der Waals surface area contributed by atoms with E-state index < -0.39 is 0 Å². The van der Waals surface area contributed by atoms with Crippen LogP contribution in [-0.2, 0) is 0 Å². The first kappa shape index (κ1) is 11.0. The Morgan fingerprint density at radius 2 is 1.64 bits per heavy atom. The minimum Gasteiger partial charge on any atom is -0.396 e. The quantitative estimate of drug-likeness (QED) is 0.630. The molecule has 0 saturated carbocycles. The van der Waals surface area contributed by atoms with Crippen molar-refractivity contribution in [3.8, 4) is 0 Å². The highest BCUT2D eigenvalue weighted by Crippen LogP contribution is 2.15.